The zero-order chi connectivity index (χ0) is 22.2. The van der Waals surface area contributed by atoms with E-state index in [0.29, 0.717) is 33.5 Å². The van der Waals surface area contributed by atoms with Crippen LogP contribution in [0.25, 0.3) is 0 Å². The maximum atomic E-state index is 12.1. The number of rotatable bonds is 8. The van der Waals surface area contributed by atoms with Gasteiger partial charge in [0.2, 0.25) is 5.95 Å². The Labute approximate surface area is 183 Å². The summed E-state index contributed by atoms with van der Waals surface area (Å²) in [5.41, 5.74) is 4.17. The molecule has 0 bridgehead atoms. The van der Waals surface area contributed by atoms with Gasteiger partial charge in [0.25, 0.3) is 11.5 Å². The molecule has 1 heterocycles. The monoisotopic (exact) mass is 441 g/mol. The molecule has 0 saturated heterocycles. The quantitative estimate of drug-likeness (QED) is 0.365. The SMILES string of the molecule is COc1cc(/C=N/Nc2nc(C)cc(=O)[nH]2)ccc1OCC(=O)Nc1ccccc1Cl. The second-order valence-electron chi connectivity index (χ2n) is 6.33. The molecule has 1 aromatic heterocycles. The summed E-state index contributed by atoms with van der Waals surface area (Å²) < 4.78 is 10.9. The van der Waals surface area contributed by atoms with Crippen LogP contribution in [0.3, 0.4) is 0 Å². The predicted molar refractivity (Wildman–Crippen MR) is 119 cm³/mol. The number of ether oxygens (including phenoxy) is 2. The maximum Gasteiger partial charge on any atom is 0.262 e. The number of nitrogens with one attached hydrogen (secondary N) is 3. The highest BCUT2D eigenvalue weighted by Crippen LogP contribution is 2.28. The van der Waals surface area contributed by atoms with Crippen LogP contribution in [0.1, 0.15) is 11.3 Å². The Bertz CT molecular complexity index is 1160. The molecule has 0 aliphatic rings. The van der Waals surface area contributed by atoms with E-state index in [1.54, 1.807) is 49.4 Å². The van der Waals surface area contributed by atoms with Gasteiger partial charge in [-0.15, -0.1) is 0 Å². The third kappa shape index (κ3) is 6.31. The second-order valence-corrected chi connectivity index (χ2v) is 6.74. The lowest BCUT2D eigenvalue weighted by Gasteiger charge is -2.12. The van der Waals surface area contributed by atoms with Crippen LogP contribution in [0, 0.1) is 6.92 Å². The molecule has 10 heteroatoms. The number of carbonyl (C=O) groups excluding carboxylic acids is 1. The minimum absolute atomic E-state index is 0.219. The largest absolute Gasteiger partial charge is 0.493 e. The van der Waals surface area contributed by atoms with Gasteiger partial charge in [0.05, 0.1) is 24.0 Å². The number of halogens is 1. The average molecular weight is 442 g/mol. The highest BCUT2D eigenvalue weighted by atomic mass is 35.5. The number of anilines is 2. The summed E-state index contributed by atoms with van der Waals surface area (Å²) in [6, 6.07) is 13.4. The summed E-state index contributed by atoms with van der Waals surface area (Å²) in [6.07, 6.45) is 1.53. The van der Waals surface area contributed by atoms with Crippen LogP contribution < -0.4 is 25.8 Å². The van der Waals surface area contributed by atoms with E-state index in [1.807, 2.05) is 0 Å². The smallest absolute Gasteiger partial charge is 0.262 e. The lowest BCUT2D eigenvalue weighted by molar-refractivity contribution is -0.118. The molecule has 160 valence electrons. The average Bonchev–Trinajstić information content (AvgIpc) is 2.73. The molecule has 1 amide bonds. The summed E-state index contributed by atoms with van der Waals surface area (Å²) in [5, 5.41) is 7.17. The molecule has 0 unspecified atom stereocenters. The van der Waals surface area contributed by atoms with Gasteiger partial charge in [0.1, 0.15) is 0 Å². The number of aryl methyl sites for hydroxylation is 1. The number of para-hydroxylation sites is 1. The number of methoxy groups -OCH3 is 1. The van der Waals surface area contributed by atoms with Gasteiger partial charge in [0, 0.05) is 11.8 Å². The predicted octanol–water partition coefficient (Wildman–Crippen LogP) is 3.20. The van der Waals surface area contributed by atoms with Crippen LogP contribution in [-0.4, -0.2) is 35.8 Å². The summed E-state index contributed by atoms with van der Waals surface area (Å²) in [5.74, 6) is 0.700. The molecule has 2 aromatic carbocycles. The number of amides is 1. The molecule has 0 aliphatic heterocycles. The minimum Gasteiger partial charge on any atom is -0.493 e. The van der Waals surface area contributed by atoms with E-state index >= 15 is 0 Å². The van der Waals surface area contributed by atoms with Crippen LogP contribution >= 0.6 is 11.6 Å². The number of hydrogen-bond acceptors (Lipinski definition) is 7. The Morgan fingerprint density at radius 1 is 1.23 bits per heavy atom. The molecule has 0 aliphatic carbocycles. The zero-order valence-electron chi connectivity index (χ0n) is 16.8. The zero-order valence-corrected chi connectivity index (χ0v) is 17.6. The first kappa shape index (κ1) is 21.8. The van der Waals surface area contributed by atoms with Crippen molar-refractivity contribution in [2.75, 3.05) is 24.5 Å². The Kier molecular flexibility index (Phi) is 7.23. The minimum atomic E-state index is -0.357. The number of carbonyl (C=O) groups is 1. The van der Waals surface area contributed by atoms with E-state index in [9.17, 15) is 9.59 Å². The van der Waals surface area contributed by atoms with Crippen molar-refractivity contribution in [3.8, 4) is 11.5 Å². The van der Waals surface area contributed by atoms with E-state index in [-0.39, 0.29) is 24.0 Å². The van der Waals surface area contributed by atoms with Crippen LogP contribution in [-0.2, 0) is 4.79 Å². The lowest BCUT2D eigenvalue weighted by atomic mass is 10.2. The molecule has 0 saturated carbocycles. The Morgan fingerprint density at radius 2 is 2.03 bits per heavy atom. The van der Waals surface area contributed by atoms with Crippen molar-refractivity contribution in [3.63, 3.8) is 0 Å². The molecule has 3 aromatic rings. The fourth-order valence-electron chi connectivity index (χ4n) is 2.58. The molecule has 3 rings (SSSR count). The third-order valence-electron chi connectivity index (χ3n) is 3.95. The molecule has 0 radical (unpaired) electrons. The van der Waals surface area contributed by atoms with Crippen molar-refractivity contribution < 1.29 is 14.3 Å². The molecule has 0 spiro atoms. The second kappa shape index (κ2) is 10.3. The normalized spacial score (nSPS) is 10.7. The fourth-order valence-corrected chi connectivity index (χ4v) is 2.76. The van der Waals surface area contributed by atoms with Crippen molar-refractivity contribution in [1.82, 2.24) is 9.97 Å². The Morgan fingerprint density at radius 3 is 2.77 bits per heavy atom. The van der Waals surface area contributed by atoms with E-state index in [0.717, 1.165) is 0 Å². The van der Waals surface area contributed by atoms with Crippen molar-refractivity contribution in [3.05, 3.63) is 75.2 Å². The molecule has 0 atom stereocenters. The van der Waals surface area contributed by atoms with E-state index in [1.165, 1.54) is 19.4 Å². The van der Waals surface area contributed by atoms with Crippen LogP contribution in [0.4, 0.5) is 11.6 Å². The first-order chi connectivity index (χ1) is 14.9. The summed E-state index contributed by atoms with van der Waals surface area (Å²) >= 11 is 6.03. The van der Waals surface area contributed by atoms with Gasteiger partial charge >= 0.3 is 0 Å². The number of H-pyrrole nitrogens is 1. The Balaban J connectivity index is 1.60. The standard InChI is InChI=1S/C21H20ClN5O4/c1-13-9-19(28)26-21(24-13)27-23-11-14-7-8-17(18(10-14)30-2)31-12-20(29)25-16-6-4-3-5-15(16)22/h3-11H,12H2,1-2H3,(H,25,29)(H2,24,26,27,28)/b23-11+. The molecule has 31 heavy (non-hydrogen) atoms. The fraction of sp³-hybridized carbons (Fsp3) is 0.143. The first-order valence-electron chi connectivity index (χ1n) is 9.17. The highest BCUT2D eigenvalue weighted by molar-refractivity contribution is 6.33. The van der Waals surface area contributed by atoms with Crippen molar-refractivity contribution >= 4 is 35.4 Å². The number of hydrazone groups is 1. The molecule has 9 nitrogen and oxygen atoms in total. The number of hydrogen-bond donors (Lipinski definition) is 3. The maximum absolute atomic E-state index is 12.1. The molecule has 3 N–H and O–H groups in total. The molecule has 0 fully saturated rings. The summed E-state index contributed by atoms with van der Waals surface area (Å²) in [7, 11) is 1.49. The van der Waals surface area contributed by atoms with Crippen molar-refractivity contribution in [2.45, 2.75) is 6.92 Å². The molecular weight excluding hydrogens is 422 g/mol. The summed E-state index contributed by atoms with van der Waals surface area (Å²) in [6.45, 7) is 1.49. The number of aromatic nitrogens is 2. The first-order valence-corrected chi connectivity index (χ1v) is 9.54. The van der Waals surface area contributed by atoms with Gasteiger partial charge < -0.3 is 14.8 Å². The van der Waals surface area contributed by atoms with Crippen LogP contribution in [0.5, 0.6) is 11.5 Å². The van der Waals surface area contributed by atoms with Gasteiger partial charge in [-0.1, -0.05) is 23.7 Å². The van der Waals surface area contributed by atoms with Gasteiger partial charge in [-0.25, -0.2) is 10.4 Å². The Hall–Kier alpha value is -3.85. The van der Waals surface area contributed by atoms with E-state index in [4.69, 9.17) is 21.1 Å². The topological polar surface area (TPSA) is 118 Å². The van der Waals surface area contributed by atoms with Gasteiger partial charge in [0.15, 0.2) is 18.1 Å². The van der Waals surface area contributed by atoms with Gasteiger partial charge in [-0.05, 0) is 42.8 Å². The number of aromatic amines is 1. The highest BCUT2D eigenvalue weighted by Gasteiger charge is 2.10. The van der Waals surface area contributed by atoms with Crippen LogP contribution in [0.15, 0.2) is 58.4 Å². The van der Waals surface area contributed by atoms with E-state index < -0.39 is 0 Å². The lowest BCUT2D eigenvalue weighted by Crippen LogP contribution is -2.20. The van der Waals surface area contributed by atoms with Gasteiger partial charge in [-0.3, -0.25) is 14.6 Å². The van der Waals surface area contributed by atoms with Crippen molar-refractivity contribution in [1.29, 1.82) is 0 Å². The number of nitrogens with zero attached hydrogens (tertiary/aromatic N) is 2. The van der Waals surface area contributed by atoms with Crippen LogP contribution in [0.2, 0.25) is 5.02 Å². The number of benzene rings is 2. The molecular formula is C21H20ClN5O4. The van der Waals surface area contributed by atoms with Gasteiger partial charge in [-0.2, -0.15) is 5.10 Å². The van der Waals surface area contributed by atoms with Crippen molar-refractivity contribution in [2.24, 2.45) is 5.10 Å². The third-order valence-corrected chi connectivity index (χ3v) is 4.28. The summed E-state index contributed by atoms with van der Waals surface area (Å²) in [4.78, 5) is 30.2. The van der Waals surface area contributed by atoms with E-state index in [2.05, 4.69) is 25.8 Å².